The van der Waals surface area contributed by atoms with Crippen LogP contribution in [0, 0.1) is 0 Å². The van der Waals surface area contributed by atoms with Crippen LogP contribution in [0.4, 0.5) is 0 Å². The van der Waals surface area contributed by atoms with Gasteiger partial charge in [0, 0.05) is 19.6 Å². The van der Waals surface area contributed by atoms with Crippen molar-refractivity contribution in [2.24, 2.45) is 0 Å². The van der Waals surface area contributed by atoms with Crippen LogP contribution in [0.25, 0.3) is 0 Å². The van der Waals surface area contributed by atoms with E-state index in [4.69, 9.17) is 5.11 Å². The third kappa shape index (κ3) is 11.4. The Morgan fingerprint density at radius 1 is 1.15 bits per heavy atom. The van der Waals surface area contributed by atoms with Crippen LogP contribution in [-0.2, 0) is 4.79 Å². The van der Waals surface area contributed by atoms with Gasteiger partial charge < -0.3 is 15.7 Å². The molecule has 0 aromatic heterocycles. The van der Waals surface area contributed by atoms with Gasteiger partial charge >= 0.3 is 5.97 Å². The predicted octanol–water partition coefficient (Wildman–Crippen LogP) is 0.440. The number of unbranched alkanes of at least 4 members (excludes halogenated alkanes) is 1. The number of hydrogen-bond donors (Lipinski definition) is 3. The van der Waals surface area contributed by atoms with Gasteiger partial charge in [-0.15, -0.1) is 0 Å². The molecule has 0 saturated heterocycles. The van der Waals surface area contributed by atoms with Gasteiger partial charge in [0.05, 0.1) is 6.42 Å². The Bertz CT molecular complexity index is 129. The molecule has 0 fully saturated rings. The Hall–Kier alpha value is -0.610. The van der Waals surface area contributed by atoms with E-state index in [2.05, 4.69) is 17.6 Å². The van der Waals surface area contributed by atoms with E-state index in [-0.39, 0.29) is 6.42 Å². The van der Waals surface area contributed by atoms with Crippen molar-refractivity contribution in [1.29, 1.82) is 0 Å². The van der Waals surface area contributed by atoms with Crippen LogP contribution >= 0.6 is 0 Å². The van der Waals surface area contributed by atoms with Crippen molar-refractivity contribution >= 4 is 5.97 Å². The van der Waals surface area contributed by atoms with E-state index in [1.165, 1.54) is 12.8 Å². The molecule has 0 aliphatic carbocycles. The van der Waals surface area contributed by atoms with E-state index in [1.807, 2.05) is 0 Å². The molecule has 0 bridgehead atoms. The Kier molecular flexibility index (Phi) is 9.03. The smallest absolute Gasteiger partial charge is 0.304 e. The monoisotopic (exact) mass is 188 g/mol. The van der Waals surface area contributed by atoms with Gasteiger partial charge in [-0.3, -0.25) is 4.79 Å². The minimum Gasteiger partial charge on any atom is -0.481 e. The Morgan fingerprint density at radius 3 is 2.31 bits per heavy atom. The first-order valence-electron chi connectivity index (χ1n) is 4.90. The highest BCUT2D eigenvalue weighted by molar-refractivity contribution is 5.66. The zero-order valence-electron chi connectivity index (χ0n) is 8.31. The summed E-state index contributed by atoms with van der Waals surface area (Å²) in [4.78, 5) is 10.1. The zero-order valence-corrected chi connectivity index (χ0v) is 8.31. The fraction of sp³-hybridized carbons (Fsp3) is 0.889. The molecule has 0 aliphatic heterocycles. The summed E-state index contributed by atoms with van der Waals surface area (Å²) in [6, 6.07) is 0. The van der Waals surface area contributed by atoms with Crippen LogP contribution in [0.3, 0.4) is 0 Å². The molecule has 0 aliphatic rings. The maximum Gasteiger partial charge on any atom is 0.304 e. The quantitative estimate of drug-likeness (QED) is 0.459. The van der Waals surface area contributed by atoms with Crippen LogP contribution in [-0.4, -0.2) is 37.3 Å². The summed E-state index contributed by atoms with van der Waals surface area (Å²) >= 11 is 0. The van der Waals surface area contributed by atoms with Crippen LogP contribution < -0.4 is 10.6 Å². The van der Waals surface area contributed by atoms with Crippen LogP contribution in [0.5, 0.6) is 0 Å². The first-order chi connectivity index (χ1) is 6.27. The van der Waals surface area contributed by atoms with Crippen molar-refractivity contribution in [3.63, 3.8) is 0 Å². The predicted molar refractivity (Wildman–Crippen MR) is 52.9 cm³/mol. The topological polar surface area (TPSA) is 61.4 Å². The molecule has 78 valence electrons. The molecular formula is C9H20N2O2. The maximum atomic E-state index is 10.1. The van der Waals surface area contributed by atoms with E-state index < -0.39 is 5.97 Å². The maximum absolute atomic E-state index is 10.1. The third-order valence-corrected chi connectivity index (χ3v) is 1.70. The normalized spacial score (nSPS) is 10.2. The van der Waals surface area contributed by atoms with Crippen LogP contribution in [0.15, 0.2) is 0 Å². The molecule has 4 nitrogen and oxygen atoms in total. The molecule has 0 saturated carbocycles. The number of carboxylic acid groups (broad SMARTS) is 1. The second-order valence-corrected chi connectivity index (χ2v) is 3.00. The summed E-state index contributed by atoms with van der Waals surface area (Å²) in [5.41, 5.74) is 0. The van der Waals surface area contributed by atoms with Crippen molar-refractivity contribution in [2.45, 2.75) is 26.2 Å². The lowest BCUT2D eigenvalue weighted by Crippen LogP contribution is -2.29. The summed E-state index contributed by atoms with van der Waals surface area (Å²) < 4.78 is 0. The van der Waals surface area contributed by atoms with Crippen molar-refractivity contribution in [2.75, 3.05) is 26.2 Å². The molecule has 0 spiro atoms. The lowest BCUT2D eigenvalue weighted by Gasteiger charge is -2.04. The minimum absolute atomic E-state index is 0.203. The highest BCUT2D eigenvalue weighted by atomic mass is 16.4. The highest BCUT2D eigenvalue weighted by Gasteiger charge is 1.94. The molecule has 0 amide bonds. The van der Waals surface area contributed by atoms with Crippen molar-refractivity contribution in [3.8, 4) is 0 Å². The van der Waals surface area contributed by atoms with E-state index in [9.17, 15) is 4.79 Å². The lowest BCUT2D eigenvalue weighted by atomic mass is 10.3. The fourth-order valence-electron chi connectivity index (χ4n) is 0.924. The first kappa shape index (κ1) is 12.4. The molecule has 0 unspecified atom stereocenters. The number of nitrogens with one attached hydrogen (secondary N) is 2. The number of carbonyl (C=O) groups is 1. The number of rotatable bonds is 9. The number of hydrogen-bond acceptors (Lipinski definition) is 3. The van der Waals surface area contributed by atoms with E-state index in [0.717, 1.165) is 19.6 Å². The molecule has 0 radical (unpaired) electrons. The Balaban J connectivity index is 2.87. The Morgan fingerprint density at radius 2 is 1.77 bits per heavy atom. The van der Waals surface area contributed by atoms with Gasteiger partial charge in [-0.2, -0.15) is 0 Å². The first-order valence-corrected chi connectivity index (χ1v) is 4.90. The molecule has 4 heteroatoms. The van der Waals surface area contributed by atoms with Gasteiger partial charge in [-0.05, 0) is 13.0 Å². The molecule has 0 aromatic carbocycles. The summed E-state index contributed by atoms with van der Waals surface area (Å²) in [6.07, 6.45) is 2.61. The molecule has 0 rings (SSSR count). The van der Waals surface area contributed by atoms with Crippen molar-refractivity contribution < 1.29 is 9.90 Å². The van der Waals surface area contributed by atoms with Gasteiger partial charge in [0.25, 0.3) is 0 Å². The van der Waals surface area contributed by atoms with E-state index in [0.29, 0.717) is 6.54 Å². The molecule has 0 heterocycles. The molecule has 13 heavy (non-hydrogen) atoms. The largest absolute Gasteiger partial charge is 0.481 e. The fourth-order valence-corrected chi connectivity index (χ4v) is 0.924. The molecule has 0 atom stereocenters. The van der Waals surface area contributed by atoms with Gasteiger partial charge in [-0.1, -0.05) is 13.3 Å². The summed E-state index contributed by atoms with van der Waals surface area (Å²) in [5.74, 6) is -0.744. The minimum atomic E-state index is -0.744. The zero-order chi connectivity index (χ0) is 9.94. The lowest BCUT2D eigenvalue weighted by molar-refractivity contribution is -0.136. The van der Waals surface area contributed by atoms with E-state index >= 15 is 0 Å². The molecular weight excluding hydrogens is 168 g/mol. The second kappa shape index (κ2) is 9.48. The van der Waals surface area contributed by atoms with Crippen molar-refractivity contribution in [3.05, 3.63) is 0 Å². The standard InChI is InChI=1S/C9H20N2O2/c1-2-3-5-10-7-8-11-6-4-9(12)13/h10-11H,2-8H2,1H3,(H,12,13). The number of carboxylic acids is 1. The average Bonchev–Trinajstić information content (AvgIpc) is 2.09. The van der Waals surface area contributed by atoms with Gasteiger partial charge in [0.15, 0.2) is 0 Å². The average molecular weight is 188 g/mol. The summed E-state index contributed by atoms with van der Waals surface area (Å²) in [7, 11) is 0. The summed E-state index contributed by atoms with van der Waals surface area (Å²) in [6.45, 7) is 5.53. The van der Waals surface area contributed by atoms with E-state index in [1.54, 1.807) is 0 Å². The Labute approximate surface area is 79.7 Å². The molecule has 3 N–H and O–H groups in total. The van der Waals surface area contributed by atoms with Gasteiger partial charge in [-0.25, -0.2) is 0 Å². The van der Waals surface area contributed by atoms with Crippen molar-refractivity contribution in [1.82, 2.24) is 10.6 Å². The number of aliphatic carboxylic acids is 1. The van der Waals surface area contributed by atoms with Gasteiger partial charge in [0.2, 0.25) is 0 Å². The van der Waals surface area contributed by atoms with Crippen LogP contribution in [0.1, 0.15) is 26.2 Å². The SMILES string of the molecule is CCCCNCCNCCC(=O)O. The van der Waals surface area contributed by atoms with Crippen LogP contribution in [0.2, 0.25) is 0 Å². The third-order valence-electron chi connectivity index (χ3n) is 1.70. The highest BCUT2D eigenvalue weighted by Crippen LogP contribution is 1.81. The molecule has 0 aromatic rings. The second-order valence-electron chi connectivity index (χ2n) is 3.00. The van der Waals surface area contributed by atoms with Gasteiger partial charge in [0.1, 0.15) is 0 Å². The summed E-state index contributed by atoms with van der Waals surface area (Å²) in [5, 5.41) is 14.6.